The maximum absolute atomic E-state index is 13.5. The highest BCUT2D eigenvalue weighted by atomic mass is 19.4. The highest BCUT2D eigenvalue weighted by Crippen LogP contribution is 2.36. The highest BCUT2D eigenvalue weighted by molar-refractivity contribution is 5.99. The Hall–Kier alpha value is -3.81. The number of benzene rings is 3. The van der Waals surface area contributed by atoms with Crippen molar-refractivity contribution in [3.8, 4) is 11.1 Å². The fourth-order valence-corrected chi connectivity index (χ4v) is 5.68. The molecule has 1 aliphatic carbocycles. The van der Waals surface area contributed by atoms with Crippen LogP contribution in [0.25, 0.3) is 11.1 Å². The van der Waals surface area contributed by atoms with Gasteiger partial charge in [-0.15, -0.1) is 0 Å². The maximum atomic E-state index is 13.5. The number of nitrogens with one attached hydrogen (secondary N) is 2. The van der Waals surface area contributed by atoms with E-state index in [1.807, 2.05) is 6.07 Å². The number of carboxylic acid groups (broad SMARTS) is 1. The first-order valence-electron chi connectivity index (χ1n) is 13.7. The Balaban J connectivity index is 1.70. The minimum Gasteiger partial charge on any atom is -0.478 e. The van der Waals surface area contributed by atoms with Crippen LogP contribution in [0.3, 0.4) is 0 Å². The van der Waals surface area contributed by atoms with E-state index in [-0.39, 0.29) is 17.2 Å². The van der Waals surface area contributed by atoms with Gasteiger partial charge in [0, 0.05) is 6.04 Å². The third-order valence-corrected chi connectivity index (χ3v) is 7.63. The summed E-state index contributed by atoms with van der Waals surface area (Å²) >= 11 is 0. The number of anilines is 2. The zero-order valence-electron chi connectivity index (χ0n) is 22.7. The first-order chi connectivity index (χ1) is 19.0. The summed E-state index contributed by atoms with van der Waals surface area (Å²) in [6, 6.07) is 17.1. The van der Waals surface area contributed by atoms with Crippen LogP contribution < -0.4 is 10.6 Å². The molecule has 212 valence electrons. The van der Waals surface area contributed by atoms with E-state index in [1.165, 1.54) is 43.5 Å². The molecular formula is C32H35F3N2O3. The number of alkyl halides is 3. The summed E-state index contributed by atoms with van der Waals surface area (Å²) in [7, 11) is 0. The van der Waals surface area contributed by atoms with E-state index in [9.17, 15) is 27.9 Å². The van der Waals surface area contributed by atoms with Crippen molar-refractivity contribution in [2.45, 2.75) is 64.6 Å². The fourth-order valence-electron chi connectivity index (χ4n) is 5.68. The molecule has 1 fully saturated rings. The number of rotatable bonds is 9. The van der Waals surface area contributed by atoms with Crippen molar-refractivity contribution in [3.63, 3.8) is 0 Å². The largest absolute Gasteiger partial charge is 0.478 e. The predicted molar refractivity (Wildman–Crippen MR) is 151 cm³/mol. The molecule has 1 atom stereocenters. The van der Waals surface area contributed by atoms with Crippen LogP contribution in [0.2, 0.25) is 0 Å². The van der Waals surface area contributed by atoms with Gasteiger partial charge in [-0.05, 0) is 65.6 Å². The van der Waals surface area contributed by atoms with E-state index in [4.69, 9.17) is 0 Å². The molecule has 3 aromatic carbocycles. The molecule has 1 aliphatic rings. The van der Waals surface area contributed by atoms with Gasteiger partial charge in [-0.3, -0.25) is 4.79 Å². The van der Waals surface area contributed by atoms with E-state index in [1.54, 1.807) is 30.3 Å². The van der Waals surface area contributed by atoms with Gasteiger partial charge in [0.05, 0.1) is 28.9 Å². The number of carbonyl (C=O) groups excluding carboxylic acids is 1. The Morgan fingerprint density at radius 1 is 0.925 bits per heavy atom. The topological polar surface area (TPSA) is 78.4 Å². The Morgan fingerprint density at radius 2 is 1.60 bits per heavy atom. The number of amides is 1. The van der Waals surface area contributed by atoms with Gasteiger partial charge in [-0.1, -0.05) is 75.6 Å². The summed E-state index contributed by atoms with van der Waals surface area (Å²) in [5, 5.41) is 16.2. The second-order valence-electron chi connectivity index (χ2n) is 10.8. The lowest BCUT2D eigenvalue weighted by Gasteiger charge is -2.35. The molecule has 0 saturated heterocycles. The van der Waals surface area contributed by atoms with Gasteiger partial charge in [0.25, 0.3) is 0 Å². The molecule has 3 N–H and O–H groups in total. The van der Waals surface area contributed by atoms with Crippen LogP contribution >= 0.6 is 0 Å². The summed E-state index contributed by atoms with van der Waals surface area (Å²) in [6.07, 6.45) is 0.743. The molecule has 0 bridgehead atoms. The zero-order chi connectivity index (χ0) is 28.9. The number of aromatic carboxylic acids is 1. The molecule has 0 spiro atoms. The SMILES string of the molecule is CC(C)C(Nc1ccc(-c2ccccc2C(=O)O)cc1NC(=O)Cc1ccccc1C(F)(F)F)C1CCCCC1. The molecule has 8 heteroatoms. The highest BCUT2D eigenvalue weighted by Gasteiger charge is 2.33. The third kappa shape index (κ3) is 7.03. The van der Waals surface area contributed by atoms with Gasteiger partial charge < -0.3 is 15.7 Å². The summed E-state index contributed by atoms with van der Waals surface area (Å²) in [5.41, 5.74) is 1.26. The zero-order valence-corrected chi connectivity index (χ0v) is 22.7. The minimum absolute atomic E-state index is 0.113. The molecule has 0 aliphatic heterocycles. The Labute approximate surface area is 232 Å². The normalized spacial score (nSPS) is 15.1. The molecule has 0 radical (unpaired) electrons. The second kappa shape index (κ2) is 12.6. The van der Waals surface area contributed by atoms with Gasteiger partial charge in [-0.25, -0.2) is 4.79 Å². The molecule has 40 heavy (non-hydrogen) atoms. The van der Waals surface area contributed by atoms with Crippen LogP contribution in [-0.2, 0) is 17.4 Å². The molecular weight excluding hydrogens is 517 g/mol. The lowest BCUT2D eigenvalue weighted by molar-refractivity contribution is -0.138. The second-order valence-corrected chi connectivity index (χ2v) is 10.8. The lowest BCUT2D eigenvalue weighted by atomic mass is 9.79. The minimum atomic E-state index is -4.57. The number of hydrogen-bond acceptors (Lipinski definition) is 3. The van der Waals surface area contributed by atoms with E-state index in [0.717, 1.165) is 18.9 Å². The third-order valence-electron chi connectivity index (χ3n) is 7.63. The van der Waals surface area contributed by atoms with Gasteiger partial charge in [-0.2, -0.15) is 13.2 Å². The van der Waals surface area contributed by atoms with Crippen LogP contribution in [0.4, 0.5) is 24.5 Å². The molecule has 0 heterocycles. The van der Waals surface area contributed by atoms with Crippen molar-refractivity contribution in [2.24, 2.45) is 11.8 Å². The van der Waals surface area contributed by atoms with Crippen molar-refractivity contribution in [2.75, 3.05) is 10.6 Å². The number of halogens is 3. The summed E-state index contributed by atoms with van der Waals surface area (Å²) in [4.78, 5) is 25.0. The van der Waals surface area contributed by atoms with Gasteiger partial charge >= 0.3 is 12.1 Å². The average Bonchev–Trinajstić information content (AvgIpc) is 2.92. The first-order valence-corrected chi connectivity index (χ1v) is 13.7. The number of carbonyl (C=O) groups is 2. The van der Waals surface area contributed by atoms with Crippen LogP contribution in [0.15, 0.2) is 66.7 Å². The van der Waals surface area contributed by atoms with E-state index >= 15 is 0 Å². The molecule has 4 rings (SSSR count). The van der Waals surface area contributed by atoms with E-state index in [0.29, 0.717) is 34.3 Å². The monoisotopic (exact) mass is 552 g/mol. The quantitative estimate of drug-likeness (QED) is 0.250. The Kier molecular flexibility index (Phi) is 9.17. The maximum Gasteiger partial charge on any atom is 0.416 e. The molecule has 1 saturated carbocycles. The molecule has 0 aromatic heterocycles. The van der Waals surface area contributed by atoms with Crippen LogP contribution in [0, 0.1) is 11.8 Å². The van der Waals surface area contributed by atoms with E-state index < -0.39 is 30.0 Å². The van der Waals surface area contributed by atoms with Crippen LogP contribution in [-0.4, -0.2) is 23.0 Å². The van der Waals surface area contributed by atoms with Crippen molar-refractivity contribution >= 4 is 23.3 Å². The summed E-state index contributed by atoms with van der Waals surface area (Å²) in [6.45, 7) is 4.30. The smallest absolute Gasteiger partial charge is 0.416 e. The van der Waals surface area contributed by atoms with Crippen molar-refractivity contribution in [1.82, 2.24) is 0 Å². The Bertz CT molecular complexity index is 1350. The fraction of sp³-hybridized carbons (Fsp3) is 0.375. The van der Waals surface area contributed by atoms with Crippen molar-refractivity contribution in [3.05, 3.63) is 83.4 Å². The first kappa shape index (κ1) is 29.2. The molecule has 3 aromatic rings. The molecule has 5 nitrogen and oxygen atoms in total. The summed E-state index contributed by atoms with van der Waals surface area (Å²) < 4.78 is 40.6. The lowest BCUT2D eigenvalue weighted by Crippen LogP contribution is -2.35. The van der Waals surface area contributed by atoms with Crippen LogP contribution in [0.1, 0.15) is 67.4 Å². The average molecular weight is 553 g/mol. The van der Waals surface area contributed by atoms with E-state index in [2.05, 4.69) is 24.5 Å². The Morgan fingerprint density at radius 3 is 2.27 bits per heavy atom. The van der Waals surface area contributed by atoms with Gasteiger partial charge in [0.15, 0.2) is 0 Å². The predicted octanol–water partition coefficient (Wildman–Crippen LogP) is 8.27. The van der Waals surface area contributed by atoms with Crippen molar-refractivity contribution in [1.29, 1.82) is 0 Å². The molecule has 1 unspecified atom stereocenters. The summed E-state index contributed by atoms with van der Waals surface area (Å²) in [5.74, 6) is -0.910. The van der Waals surface area contributed by atoms with Crippen LogP contribution in [0.5, 0.6) is 0 Å². The standard InChI is InChI=1S/C32H35F3N2O3/c1-20(2)30(21-10-4-3-5-11-21)37-27-17-16-22(24-13-7-8-14-25(24)31(39)40)18-28(27)36-29(38)19-23-12-6-9-15-26(23)32(33,34)35/h6-9,12-18,20-21,30,37H,3-5,10-11,19H2,1-2H3,(H,36,38)(H,39,40). The number of carboxylic acids is 1. The molecule has 1 amide bonds. The van der Waals surface area contributed by atoms with Gasteiger partial charge in [0.1, 0.15) is 0 Å². The van der Waals surface area contributed by atoms with Gasteiger partial charge in [0.2, 0.25) is 5.91 Å². The van der Waals surface area contributed by atoms with Crippen molar-refractivity contribution < 1.29 is 27.9 Å². The number of hydrogen-bond donors (Lipinski definition) is 3.